The summed E-state index contributed by atoms with van der Waals surface area (Å²) in [5.74, 6) is 0.913. The van der Waals surface area contributed by atoms with Gasteiger partial charge in [-0.05, 0) is 31.7 Å². The second kappa shape index (κ2) is 5.58. The van der Waals surface area contributed by atoms with Gasteiger partial charge in [-0.25, -0.2) is 0 Å². The van der Waals surface area contributed by atoms with Gasteiger partial charge in [-0.15, -0.1) is 0 Å². The largest absolute Gasteiger partial charge is 0.314 e. The van der Waals surface area contributed by atoms with Gasteiger partial charge in [0.2, 0.25) is 0 Å². The van der Waals surface area contributed by atoms with E-state index in [2.05, 4.69) is 19.2 Å². The molecule has 1 aliphatic rings. The minimum atomic E-state index is 0.824. The van der Waals surface area contributed by atoms with Crippen LogP contribution in [0.2, 0.25) is 0 Å². The summed E-state index contributed by atoms with van der Waals surface area (Å²) >= 11 is 0. The molecule has 0 saturated heterocycles. The normalized spacial score (nSPS) is 30.5. The average Bonchev–Trinajstić information content (AvgIpc) is 2.09. The van der Waals surface area contributed by atoms with Crippen molar-refractivity contribution in [2.45, 2.75) is 58.4 Å². The zero-order valence-electron chi connectivity index (χ0n) is 8.60. The SMILES string of the molecule is CCCCN[C@@H]1CCCC[C@H]1C. The molecule has 1 fully saturated rings. The monoisotopic (exact) mass is 169 g/mol. The fraction of sp³-hybridized carbons (Fsp3) is 1.00. The van der Waals surface area contributed by atoms with Gasteiger partial charge in [0, 0.05) is 6.04 Å². The molecule has 0 amide bonds. The van der Waals surface area contributed by atoms with Gasteiger partial charge in [0.05, 0.1) is 0 Å². The summed E-state index contributed by atoms with van der Waals surface area (Å²) in [6, 6.07) is 0.824. The van der Waals surface area contributed by atoms with Gasteiger partial charge < -0.3 is 5.32 Å². The Balaban J connectivity index is 2.11. The van der Waals surface area contributed by atoms with Gasteiger partial charge in [0.15, 0.2) is 0 Å². The minimum Gasteiger partial charge on any atom is -0.314 e. The quantitative estimate of drug-likeness (QED) is 0.638. The van der Waals surface area contributed by atoms with E-state index in [1.807, 2.05) is 0 Å². The van der Waals surface area contributed by atoms with E-state index < -0.39 is 0 Å². The summed E-state index contributed by atoms with van der Waals surface area (Å²) in [4.78, 5) is 0. The van der Waals surface area contributed by atoms with E-state index in [4.69, 9.17) is 0 Å². The Morgan fingerprint density at radius 1 is 1.25 bits per heavy atom. The van der Waals surface area contributed by atoms with Crippen molar-refractivity contribution in [1.82, 2.24) is 5.32 Å². The summed E-state index contributed by atoms with van der Waals surface area (Å²) < 4.78 is 0. The zero-order valence-corrected chi connectivity index (χ0v) is 8.60. The molecule has 1 nitrogen and oxygen atoms in total. The number of hydrogen-bond donors (Lipinski definition) is 1. The molecule has 1 rings (SSSR count). The lowest BCUT2D eigenvalue weighted by molar-refractivity contribution is 0.280. The molecule has 1 N–H and O–H groups in total. The minimum absolute atomic E-state index is 0.824. The van der Waals surface area contributed by atoms with Crippen molar-refractivity contribution < 1.29 is 0 Å². The molecule has 72 valence electrons. The summed E-state index contributed by atoms with van der Waals surface area (Å²) in [5, 5.41) is 3.67. The van der Waals surface area contributed by atoms with Crippen molar-refractivity contribution in [3.63, 3.8) is 0 Å². The van der Waals surface area contributed by atoms with Crippen LogP contribution in [0.3, 0.4) is 0 Å². The van der Waals surface area contributed by atoms with Crippen LogP contribution in [0.25, 0.3) is 0 Å². The molecule has 1 saturated carbocycles. The van der Waals surface area contributed by atoms with Crippen molar-refractivity contribution in [2.24, 2.45) is 5.92 Å². The van der Waals surface area contributed by atoms with Crippen molar-refractivity contribution in [2.75, 3.05) is 6.54 Å². The molecule has 0 unspecified atom stereocenters. The Kier molecular flexibility index (Phi) is 4.67. The third-order valence-corrected chi connectivity index (χ3v) is 3.05. The molecular formula is C11H23N. The van der Waals surface area contributed by atoms with E-state index in [1.54, 1.807) is 0 Å². The number of hydrogen-bond acceptors (Lipinski definition) is 1. The molecule has 1 heteroatoms. The molecule has 0 aromatic heterocycles. The lowest BCUT2D eigenvalue weighted by atomic mass is 9.86. The second-order valence-electron chi connectivity index (χ2n) is 4.18. The highest BCUT2D eigenvalue weighted by Crippen LogP contribution is 2.23. The van der Waals surface area contributed by atoms with Crippen LogP contribution in [-0.2, 0) is 0 Å². The van der Waals surface area contributed by atoms with Crippen molar-refractivity contribution in [3.8, 4) is 0 Å². The van der Waals surface area contributed by atoms with Gasteiger partial charge in [-0.1, -0.05) is 33.1 Å². The topological polar surface area (TPSA) is 12.0 Å². The predicted octanol–water partition coefficient (Wildman–Crippen LogP) is 2.95. The summed E-state index contributed by atoms with van der Waals surface area (Å²) in [7, 11) is 0. The molecule has 0 aliphatic heterocycles. The van der Waals surface area contributed by atoms with E-state index >= 15 is 0 Å². The Morgan fingerprint density at radius 3 is 2.67 bits per heavy atom. The maximum Gasteiger partial charge on any atom is 0.00926 e. The highest BCUT2D eigenvalue weighted by atomic mass is 14.9. The number of rotatable bonds is 4. The van der Waals surface area contributed by atoms with Crippen LogP contribution in [0, 0.1) is 5.92 Å². The van der Waals surface area contributed by atoms with E-state index in [0.717, 1.165) is 12.0 Å². The Labute approximate surface area is 76.9 Å². The summed E-state index contributed by atoms with van der Waals surface area (Å²) in [6.07, 6.45) is 8.38. The maximum absolute atomic E-state index is 3.67. The van der Waals surface area contributed by atoms with Gasteiger partial charge >= 0.3 is 0 Å². The third kappa shape index (κ3) is 3.14. The molecule has 2 atom stereocenters. The molecule has 0 spiro atoms. The van der Waals surface area contributed by atoms with Gasteiger partial charge in [-0.3, -0.25) is 0 Å². The maximum atomic E-state index is 3.67. The molecule has 12 heavy (non-hydrogen) atoms. The Hall–Kier alpha value is -0.0400. The van der Waals surface area contributed by atoms with Crippen LogP contribution < -0.4 is 5.32 Å². The van der Waals surface area contributed by atoms with Crippen LogP contribution in [0.5, 0.6) is 0 Å². The van der Waals surface area contributed by atoms with E-state index in [1.165, 1.54) is 45.1 Å². The predicted molar refractivity (Wildman–Crippen MR) is 54.3 cm³/mol. The van der Waals surface area contributed by atoms with Crippen molar-refractivity contribution >= 4 is 0 Å². The first-order valence-electron chi connectivity index (χ1n) is 5.58. The Morgan fingerprint density at radius 2 is 2.00 bits per heavy atom. The molecule has 1 aliphatic carbocycles. The van der Waals surface area contributed by atoms with Crippen LogP contribution in [0.1, 0.15) is 52.4 Å². The fourth-order valence-corrected chi connectivity index (χ4v) is 2.08. The third-order valence-electron chi connectivity index (χ3n) is 3.05. The first-order valence-corrected chi connectivity index (χ1v) is 5.58. The first-order chi connectivity index (χ1) is 5.84. The molecule has 0 aromatic carbocycles. The van der Waals surface area contributed by atoms with Crippen LogP contribution >= 0.6 is 0 Å². The zero-order chi connectivity index (χ0) is 8.81. The van der Waals surface area contributed by atoms with E-state index in [0.29, 0.717) is 0 Å². The molecule has 0 radical (unpaired) electrons. The highest BCUT2D eigenvalue weighted by molar-refractivity contribution is 4.77. The summed E-state index contributed by atoms with van der Waals surface area (Å²) in [5.41, 5.74) is 0. The average molecular weight is 169 g/mol. The summed E-state index contributed by atoms with van der Waals surface area (Å²) in [6.45, 7) is 5.88. The van der Waals surface area contributed by atoms with Gasteiger partial charge in [0.1, 0.15) is 0 Å². The first kappa shape index (κ1) is 10.0. The molecular weight excluding hydrogens is 146 g/mol. The lowest BCUT2D eigenvalue weighted by Crippen LogP contribution is -2.37. The molecule has 0 bridgehead atoms. The fourth-order valence-electron chi connectivity index (χ4n) is 2.08. The van der Waals surface area contributed by atoms with Crippen molar-refractivity contribution in [3.05, 3.63) is 0 Å². The Bertz CT molecular complexity index is 112. The number of unbranched alkanes of at least 4 members (excludes halogenated alkanes) is 1. The van der Waals surface area contributed by atoms with Gasteiger partial charge in [0.25, 0.3) is 0 Å². The smallest absolute Gasteiger partial charge is 0.00926 e. The number of nitrogens with one attached hydrogen (secondary N) is 1. The van der Waals surface area contributed by atoms with E-state index in [-0.39, 0.29) is 0 Å². The lowest BCUT2D eigenvalue weighted by Gasteiger charge is -2.29. The molecule has 0 heterocycles. The van der Waals surface area contributed by atoms with Crippen molar-refractivity contribution in [1.29, 1.82) is 0 Å². The highest BCUT2D eigenvalue weighted by Gasteiger charge is 2.19. The second-order valence-corrected chi connectivity index (χ2v) is 4.18. The molecule has 0 aromatic rings. The standard InChI is InChI=1S/C11H23N/c1-3-4-9-12-11-8-6-5-7-10(11)2/h10-12H,3-9H2,1-2H3/t10-,11-/m1/s1. The van der Waals surface area contributed by atoms with Crippen LogP contribution in [0.4, 0.5) is 0 Å². The van der Waals surface area contributed by atoms with Crippen LogP contribution in [-0.4, -0.2) is 12.6 Å². The van der Waals surface area contributed by atoms with E-state index in [9.17, 15) is 0 Å². The van der Waals surface area contributed by atoms with Crippen LogP contribution in [0.15, 0.2) is 0 Å². The van der Waals surface area contributed by atoms with Gasteiger partial charge in [-0.2, -0.15) is 0 Å².